The largest absolute Gasteiger partial charge is 0.497 e. The Balaban J connectivity index is 1.47. The molecule has 1 amide bonds. The van der Waals surface area contributed by atoms with Gasteiger partial charge in [-0.1, -0.05) is 26.0 Å². The number of piperidine rings is 1. The Morgan fingerprint density at radius 3 is 2.77 bits per heavy atom. The summed E-state index contributed by atoms with van der Waals surface area (Å²) in [6.45, 7) is 5.69. The Bertz CT molecular complexity index is 1030. The first-order valence-corrected chi connectivity index (χ1v) is 10.8. The molecule has 1 aromatic carbocycles. The molecule has 1 saturated heterocycles. The van der Waals surface area contributed by atoms with Crippen molar-refractivity contribution in [1.82, 2.24) is 24.4 Å². The molecule has 0 spiro atoms. The fourth-order valence-corrected chi connectivity index (χ4v) is 4.09. The van der Waals surface area contributed by atoms with E-state index in [2.05, 4.69) is 23.8 Å². The van der Waals surface area contributed by atoms with E-state index in [1.54, 1.807) is 19.5 Å². The van der Waals surface area contributed by atoms with Gasteiger partial charge in [-0.15, -0.1) is 0 Å². The van der Waals surface area contributed by atoms with Gasteiger partial charge in [0.25, 0.3) is 0 Å². The molecule has 3 heterocycles. The second-order valence-electron chi connectivity index (χ2n) is 8.32. The monoisotopic (exact) mass is 419 g/mol. The summed E-state index contributed by atoms with van der Waals surface area (Å²) >= 11 is 0. The maximum atomic E-state index is 12.9. The molecule has 1 aliphatic heterocycles. The topological polar surface area (TPSA) is 73.1 Å². The van der Waals surface area contributed by atoms with Gasteiger partial charge in [-0.3, -0.25) is 14.3 Å². The highest BCUT2D eigenvalue weighted by atomic mass is 16.5. The predicted molar refractivity (Wildman–Crippen MR) is 118 cm³/mol. The molecule has 7 nitrogen and oxygen atoms in total. The molecule has 1 fully saturated rings. The van der Waals surface area contributed by atoms with Gasteiger partial charge in [-0.25, -0.2) is 9.97 Å². The third-order valence-electron chi connectivity index (χ3n) is 5.78. The lowest BCUT2D eigenvalue weighted by atomic mass is 9.94. The van der Waals surface area contributed by atoms with Crippen LogP contribution in [0.5, 0.6) is 5.75 Å². The van der Waals surface area contributed by atoms with E-state index in [-0.39, 0.29) is 11.8 Å². The van der Waals surface area contributed by atoms with Gasteiger partial charge in [0, 0.05) is 43.5 Å². The van der Waals surface area contributed by atoms with Crippen molar-refractivity contribution in [3.63, 3.8) is 0 Å². The number of aromatic nitrogens is 4. The van der Waals surface area contributed by atoms with Crippen LogP contribution in [0.3, 0.4) is 0 Å². The fraction of sp³-hybridized carbons (Fsp3) is 0.417. The van der Waals surface area contributed by atoms with Crippen molar-refractivity contribution >= 4 is 5.91 Å². The smallest absolute Gasteiger partial charge is 0.227 e. The van der Waals surface area contributed by atoms with Gasteiger partial charge in [0.15, 0.2) is 5.82 Å². The first kappa shape index (κ1) is 21.0. The fourth-order valence-electron chi connectivity index (χ4n) is 4.09. The summed E-state index contributed by atoms with van der Waals surface area (Å²) < 4.78 is 7.19. The van der Waals surface area contributed by atoms with E-state index in [0.717, 1.165) is 48.0 Å². The Morgan fingerprint density at radius 1 is 1.23 bits per heavy atom. The molecule has 0 radical (unpaired) electrons. The molecule has 2 aromatic heterocycles. The maximum Gasteiger partial charge on any atom is 0.227 e. The van der Waals surface area contributed by atoms with Crippen LogP contribution in [0.1, 0.15) is 55.6 Å². The van der Waals surface area contributed by atoms with Crippen LogP contribution in [0.25, 0.3) is 5.82 Å². The lowest BCUT2D eigenvalue weighted by Gasteiger charge is -2.32. The standard InChI is InChI=1S/C24H29N5O2/c1-17(2)24-26-10-12-29(24)22-15-25-14-21(27-22)19-5-4-11-28(16-19)23(30)13-18-6-8-20(31-3)9-7-18/h6-10,12,14-15,17,19H,4-5,11,13,16H2,1-3H3. The van der Waals surface area contributed by atoms with Crippen molar-refractivity contribution in [3.05, 3.63) is 66.1 Å². The number of amides is 1. The van der Waals surface area contributed by atoms with Gasteiger partial charge < -0.3 is 9.64 Å². The SMILES string of the molecule is COc1ccc(CC(=O)N2CCCC(c3cncc(-n4ccnc4C(C)C)n3)C2)cc1. The van der Waals surface area contributed by atoms with E-state index in [1.165, 1.54) is 0 Å². The number of carbonyl (C=O) groups is 1. The molecule has 4 rings (SSSR count). The third-order valence-corrected chi connectivity index (χ3v) is 5.78. The predicted octanol–water partition coefficient (Wildman–Crippen LogP) is 3.74. The Hall–Kier alpha value is -3.22. The average molecular weight is 420 g/mol. The molecular weight excluding hydrogens is 390 g/mol. The van der Waals surface area contributed by atoms with Gasteiger partial charge in [0.05, 0.1) is 25.4 Å². The molecule has 3 aromatic rings. The Kier molecular flexibility index (Phi) is 6.30. The molecule has 0 aliphatic carbocycles. The van der Waals surface area contributed by atoms with Crippen LogP contribution in [0.2, 0.25) is 0 Å². The van der Waals surface area contributed by atoms with Crippen LogP contribution in [-0.2, 0) is 11.2 Å². The Morgan fingerprint density at radius 2 is 2.03 bits per heavy atom. The summed E-state index contributed by atoms with van der Waals surface area (Å²) in [5.41, 5.74) is 1.93. The highest BCUT2D eigenvalue weighted by Crippen LogP contribution is 2.27. The summed E-state index contributed by atoms with van der Waals surface area (Å²) in [5, 5.41) is 0. The van der Waals surface area contributed by atoms with Crippen LogP contribution in [0.4, 0.5) is 0 Å². The van der Waals surface area contributed by atoms with Crippen LogP contribution in [0, 0.1) is 0 Å². The number of rotatable bonds is 6. The van der Waals surface area contributed by atoms with Crippen molar-refractivity contribution in [2.45, 2.75) is 44.9 Å². The molecule has 0 bridgehead atoms. The van der Waals surface area contributed by atoms with E-state index in [4.69, 9.17) is 9.72 Å². The summed E-state index contributed by atoms with van der Waals surface area (Å²) in [4.78, 5) is 28.7. The Labute approximate surface area is 183 Å². The molecule has 7 heteroatoms. The number of methoxy groups -OCH3 is 1. The van der Waals surface area contributed by atoms with Crippen molar-refractivity contribution in [2.24, 2.45) is 0 Å². The van der Waals surface area contributed by atoms with E-state index in [9.17, 15) is 4.79 Å². The van der Waals surface area contributed by atoms with Gasteiger partial charge in [0.1, 0.15) is 11.6 Å². The van der Waals surface area contributed by atoms with E-state index in [1.807, 2.05) is 46.1 Å². The van der Waals surface area contributed by atoms with Crippen molar-refractivity contribution in [3.8, 4) is 11.6 Å². The number of benzene rings is 1. The normalized spacial score (nSPS) is 16.5. The number of carbonyl (C=O) groups excluding carboxylic acids is 1. The van der Waals surface area contributed by atoms with Crippen LogP contribution >= 0.6 is 0 Å². The number of hydrogen-bond donors (Lipinski definition) is 0. The third kappa shape index (κ3) is 4.76. The number of hydrogen-bond acceptors (Lipinski definition) is 5. The quantitative estimate of drug-likeness (QED) is 0.609. The first-order chi connectivity index (χ1) is 15.0. The summed E-state index contributed by atoms with van der Waals surface area (Å²) in [6.07, 6.45) is 9.69. The molecule has 162 valence electrons. The lowest BCUT2D eigenvalue weighted by molar-refractivity contribution is -0.131. The highest BCUT2D eigenvalue weighted by Gasteiger charge is 2.26. The second-order valence-corrected chi connectivity index (χ2v) is 8.32. The molecule has 31 heavy (non-hydrogen) atoms. The summed E-state index contributed by atoms with van der Waals surface area (Å²) in [7, 11) is 1.64. The van der Waals surface area contributed by atoms with Crippen molar-refractivity contribution in [2.75, 3.05) is 20.2 Å². The van der Waals surface area contributed by atoms with Crippen LogP contribution < -0.4 is 4.74 Å². The van der Waals surface area contributed by atoms with Crippen LogP contribution in [0.15, 0.2) is 49.1 Å². The second kappa shape index (κ2) is 9.29. The van der Waals surface area contributed by atoms with E-state index < -0.39 is 0 Å². The van der Waals surface area contributed by atoms with Gasteiger partial charge >= 0.3 is 0 Å². The van der Waals surface area contributed by atoms with E-state index >= 15 is 0 Å². The molecule has 1 unspecified atom stereocenters. The number of ether oxygens (including phenoxy) is 1. The van der Waals surface area contributed by atoms with Crippen molar-refractivity contribution in [1.29, 1.82) is 0 Å². The zero-order valence-electron chi connectivity index (χ0n) is 18.4. The van der Waals surface area contributed by atoms with Gasteiger partial charge in [-0.2, -0.15) is 0 Å². The molecule has 0 N–H and O–H groups in total. The minimum atomic E-state index is 0.149. The maximum absolute atomic E-state index is 12.9. The summed E-state index contributed by atoms with van der Waals surface area (Å²) in [5.74, 6) is 3.17. The number of likely N-dealkylation sites (tertiary alicyclic amines) is 1. The lowest BCUT2D eigenvalue weighted by Crippen LogP contribution is -2.40. The van der Waals surface area contributed by atoms with Crippen molar-refractivity contribution < 1.29 is 9.53 Å². The van der Waals surface area contributed by atoms with Gasteiger partial charge in [-0.05, 0) is 30.5 Å². The molecule has 0 saturated carbocycles. The zero-order chi connectivity index (χ0) is 21.8. The average Bonchev–Trinajstić information content (AvgIpc) is 3.30. The molecule has 1 aliphatic rings. The minimum Gasteiger partial charge on any atom is -0.497 e. The number of nitrogens with zero attached hydrogens (tertiary/aromatic N) is 5. The zero-order valence-corrected chi connectivity index (χ0v) is 18.4. The number of imidazole rings is 1. The highest BCUT2D eigenvalue weighted by molar-refractivity contribution is 5.79. The van der Waals surface area contributed by atoms with E-state index in [0.29, 0.717) is 18.9 Å². The van der Waals surface area contributed by atoms with Crippen LogP contribution in [-0.4, -0.2) is 50.5 Å². The molecule has 1 atom stereocenters. The van der Waals surface area contributed by atoms with Gasteiger partial charge in [0.2, 0.25) is 5.91 Å². The summed E-state index contributed by atoms with van der Waals surface area (Å²) in [6, 6.07) is 7.68. The first-order valence-electron chi connectivity index (χ1n) is 10.8. The minimum absolute atomic E-state index is 0.149. The molecular formula is C24H29N5O2.